The van der Waals surface area contributed by atoms with Crippen LogP contribution in [-0.2, 0) is 0 Å². The molecule has 0 unspecified atom stereocenters. The van der Waals surface area contributed by atoms with Gasteiger partial charge in [0, 0.05) is 32.0 Å². The van der Waals surface area contributed by atoms with Crippen LogP contribution in [0.25, 0.3) is 6.08 Å². The van der Waals surface area contributed by atoms with Crippen LogP contribution in [0.5, 0.6) is 0 Å². The van der Waals surface area contributed by atoms with Gasteiger partial charge in [-0.2, -0.15) is 10.2 Å². The molecule has 0 aliphatic heterocycles. The topological polar surface area (TPSA) is 40.0 Å². The molecule has 3 aromatic carbocycles. The fraction of sp³-hybridized carbons (Fsp3) is 0.259. The molecule has 0 aliphatic carbocycles. The van der Waals surface area contributed by atoms with Crippen LogP contribution in [0.3, 0.4) is 0 Å². The molecule has 0 fully saturated rings. The van der Waals surface area contributed by atoms with Crippen molar-refractivity contribution in [2.24, 2.45) is 10.2 Å². The lowest BCUT2D eigenvalue weighted by Gasteiger charge is -2.12. The van der Waals surface area contributed by atoms with Gasteiger partial charge in [-0.1, -0.05) is 55.0 Å². The number of benzene rings is 3. The lowest BCUT2D eigenvalue weighted by Crippen LogP contribution is -2.07. The Morgan fingerprint density at radius 3 is 2.16 bits per heavy atom. The Balaban J connectivity index is 1.56. The molecular weight excluding hydrogens is 380 g/mol. The SMILES string of the molecule is CN(C)c1ccc(/C=C(\CCCCCNc2ccccc2)N=Nc2ccccc2)cc1. The van der Waals surface area contributed by atoms with Gasteiger partial charge < -0.3 is 10.2 Å². The predicted octanol–water partition coefficient (Wildman–Crippen LogP) is 7.55. The van der Waals surface area contributed by atoms with Crippen LogP contribution in [0.1, 0.15) is 31.2 Å². The molecule has 0 heterocycles. The van der Waals surface area contributed by atoms with E-state index in [-0.39, 0.29) is 0 Å². The maximum Gasteiger partial charge on any atom is 0.0856 e. The van der Waals surface area contributed by atoms with Gasteiger partial charge in [0.15, 0.2) is 0 Å². The maximum absolute atomic E-state index is 4.57. The minimum Gasteiger partial charge on any atom is -0.385 e. The van der Waals surface area contributed by atoms with Crippen LogP contribution in [0.15, 0.2) is 101 Å². The van der Waals surface area contributed by atoms with Crippen LogP contribution in [-0.4, -0.2) is 20.6 Å². The largest absolute Gasteiger partial charge is 0.385 e. The highest BCUT2D eigenvalue weighted by Crippen LogP contribution is 2.20. The van der Waals surface area contributed by atoms with E-state index in [0.29, 0.717) is 0 Å². The summed E-state index contributed by atoms with van der Waals surface area (Å²) in [6.07, 6.45) is 6.43. The van der Waals surface area contributed by atoms with Crippen molar-refractivity contribution < 1.29 is 0 Å². The second-order valence-electron chi connectivity index (χ2n) is 7.76. The number of anilines is 2. The van der Waals surface area contributed by atoms with Crippen molar-refractivity contribution in [2.75, 3.05) is 30.9 Å². The quantitative estimate of drug-likeness (QED) is 0.261. The van der Waals surface area contributed by atoms with Crippen molar-refractivity contribution in [3.05, 3.63) is 96.2 Å². The van der Waals surface area contributed by atoms with E-state index in [1.165, 1.54) is 11.4 Å². The monoisotopic (exact) mass is 412 g/mol. The molecule has 4 nitrogen and oxygen atoms in total. The molecule has 160 valence electrons. The number of unbranched alkanes of at least 4 members (excludes halogenated alkanes) is 2. The highest BCUT2D eigenvalue weighted by molar-refractivity contribution is 5.57. The fourth-order valence-corrected chi connectivity index (χ4v) is 3.23. The van der Waals surface area contributed by atoms with Crippen molar-refractivity contribution in [1.29, 1.82) is 0 Å². The van der Waals surface area contributed by atoms with Crippen LogP contribution in [0.2, 0.25) is 0 Å². The van der Waals surface area contributed by atoms with E-state index in [1.807, 2.05) is 36.4 Å². The summed E-state index contributed by atoms with van der Waals surface area (Å²) in [5, 5.41) is 12.5. The van der Waals surface area contributed by atoms with Crippen molar-refractivity contribution in [3.8, 4) is 0 Å². The zero-order valence-electron chi connectivity index (χ0n) is 18.5. The van der Waals surface area contributed by atoms with Crippen LogP contribution in [0, 0.1) is 0 Å². The summed E-state index contributed by atoms with van der Waals surface area (Å²) >= 11 is 0. The molecule has 0 bridgehead atoms. The molecule has 0 aliphatic rings. The standard InChI is InChI=1S/C27H32N4/c1-31(2)27-19-17-23(18-20-27)22-26(30-29-25-14-8-4-9-15-25)16-10-5-11-21-28-24-12-6-3-7-13-24/h3-4,6-9,12-15,17-20,22,28H,5,10-11,16,21H2,1-2H3/b26-22+,30-29?. The minimum absolute atomic E-state index is 0.878. The zero-order valence-corrected chi connectivity index (χ0v) is 18.5. The van der Waals surface area contributed by atoms with Crippen molar-refractivity contribution in [2.45, 2.75) is 25.7 Å². The molecule has 0 atom stereocenters. The normalized spacial score (nSPS) is 11.6. The highest BCUT2D eigenvalue weighted by atomic mass is 15.1. The number of nitrogens with one attached hydrogen (secondary N) is 1. The van der Waals surface area contributed by atoms with Gasteiger partial charge in [0.1, 0.15) is 0 Å². The molecule has 0 aromatic heterocycles. The number of rotatable bonds is 11. The Morgan fingerprint density at radius 1 is 0.806 bits per heavy atom. The van der Waals surface area contributed by atoms with Gasteiger partial charge in [-0.25, -0.2) is 0 Å². The van der Waals surface area contributed by atoms with E-state index in [2.05, 4.69) is 89.1 Å². The number of azo groups is 1. The van der Waals surface area contributed by atoms with Crippen LogP contribution < -0.4 is 10.2 Å². The second kappa shape index (κ2) is 12.3. The Kier molecular flexibility index (Phi) is 8.87. The van der Waals surface area contributed by atoms with Gasteiger partial charge in [-0.05, 0) is 67.3 Å². The van der Waals surface area contributed by atoms with Gasteiger partial charge >= 0.3 is 0 Å². The number of allylic oxidation sites excluding steroid dienone is 1. The molecule has 4 heteroatoms. The third kappa shape index (κ3) is 8.09. The highest BCUT2D eigenvalue weighted by Gasteiger charge is 2.01. The van der Waals surface area contributed by atoms with Gasteiger partial charge in [0.25, 0.3) is 0 Å². The Morgan fingerprint density at radius 2 is 1.48 bits per heavy atom. The number of hydrogen-bond donors (Lipinski definition) is 1. The number of para-hydroxylation sites is 1. The summed E-state index contributed by atoms with van der Waals surface area (Å²) in [5.74, 6) is 0. The first kappa shape index (κ1) is 22.3. The van der Waals surface area contributed by atoms with E-state index in [9.17, 15) is 0 Å². The second-order valence-corrected chi connectivity index (χ2v) is 7.76. The van der Waals surface area contributed by atoms with Crippen LogP contribution >= 0.6 is 0 Å². The average molecular weight is 413 g/mol. The van der Waals surface area contributed by atoms with Gasteiger partial charge in [-0.15, -0.1) is 0 Å². The molecular formula is C27H32N4. The Hall–Kier alpha value is -3.40. The number of nitrogens with zero attached hydrogens (tertiary/aromatic N) is 3. The lowest BCUT2D eigenvalue weighted by molar-refractivity contribution is 0.690. The third-order valence-corrected chi connectivity index (χ3v) is 5.01. The third-order valence-electron chi connectivity index (χ3n) is 5.01. The smallest absolute Gasteiger partial charge is 0.0856 e. The van der Waals surface area contributed by atoms with E-state index in [1.54, 1.807) is 0 Å². The van der Waals surface area contributed by atoms with Crippen molar-refractivity contribution >= 4 is 23.1 Å². The zero-order chi connectivity index (χ0) is 21.7. The van der Waals surface area contributed by atoms with Gasteiger partial charge in [0.2, 0.25) is 0 Å². The lowest BCUT2D eigenvalue weighted by atomic mass is 10.1. The molecule has 1 N–H and O–H groups in total. The predicted molar refractivity (Wildman–Crippen MR) is 133 cm³/mol. The number of hydrogen-bond acceptors (Lipinski definition) is 4. The summed E-state index contributed by atoms with van der Waals surface area (Å²) in [6, 6.07) is 28.8. The van der Waals surface area contributed by atoms with Crippen LogP contribution in [0.4, 0.5) is 17.1 Å². The molecule has 31 heavy (non-hydrogen) atoms. The average Bonchev–Trinajstić information content (AvgIpc) is 2.81. The fourth-order valence-electron chi connectivity index (χ4n) is 3.23. The first-order chi connectivity index (χ1) is 15.2. The molecule has 3 aromatic rings. The van der Waals surface area contributed by atoms with E-state index >= 15 is 0 Å². The first-order valence-electron chi connectivity index (χ1n) is 10.9. The molecule has 0 saturated heterocycles. The van der Waals surface area contributed by atoms with Crippen molar-refractivity contribution in [1.82, 2.24) is 0 Å². The van der Waals surface area contributed by atoms with E-state index in [0.717, 1.165) is 49.2 Å². The molecule has 0 spiro atoms. The first-order valence-corrected chi connectivity index (χ1v) is 10.9. The van der Waals surface area contributed by atoms with Gasteiger partial charge in [-0.3, -0.25) is 0 Å². The van der Waals surface area contributed by atoms with E-state index in [4.69, 9.17) is 0 Å². The summed E-state index contributed by atoms with van der Waals surface area (Å²) in [4.78, 5) is 2.10. The summed E-state index contributed by atoms with van der Waals surface area (Å²) < 4.78 is 0. The molecule has 0 amide bonds. The van der Waals surface area contributed by atoms with E-state index < -0.39 is 0 Å². The molecule has 0 saturated carbocycles. The van der Waals surface area contributed by atoms with Gasteiger partial charge in [0.05, 0.1) is 11.4 Å². The Bertz CT molecular complexity index is 946. The summed E-state index contributed by atoms with van der Waals surface area (Å²) in [7, 11) is 4.11. The minimum atomic E-state index is 0.878. The maximum atomic E-state index is 4.57. The summed E-state index contributed by atoms with van der Waals surface area (Å²) in [5.41, 5.74) is 5.41. The molecule has 3 rings (SSSR count). The van der Waals surface area contributed by atoms with Crippen molar-refractivity contribution in [3.63, 3.8) is 0 Å². The Labute approximate surface area is 186 Å². The summed E-state index contributed by atoms with van der Waals surface area (Å²) in [6.45, 7) is 0.987. The molecule has 0 radical (unpaired) electrons.